The number of aromatic nitrogens is 1. The number of aldehydes is 1. The number of benzene rings is 2. The van der Waals surface area contributed by atoms with Gasteiger partial charge in [0.1, 0.15) is 17.2 Å². The molecular weight excluding hydrogens is 501 g/mol. The Hall–Kier alpha value is -4.07. The van der Waals surface area contributed by atoms with Gasteiger partial charge < -0.3 is 14.2 Å². The van der Waals surface area contributed by atoms with Crippen LogP contribution in [0, 0.1) is 17.7 Å². The van der Waals surface area contributed by atoms with E-state index in [0.717, 1.165) is 24.6 Å². The first-order valence-electron chi connectivity index (χ1n) is 12.8. The average molecular weight is 534 g/mol. The van der Waals surface area contributed by atoms with E-state index >= 15 is 0 Å². The quantitative estimate of drug-likeness (QED) is 0.179. The molecule has 0 radical (unpaired) electrons. The Labute approximate surface area is 227 Å². The molecule has 0 amide bonds. The Morgan fingerprint density at radius 3 is 2.46 bits per heavy atom. The number of hydrogen-bond donors (Lipinski definition) is 0. The van der Waals surface area contributed by atoms with Crippen LogP contribution in [0.1, 0.15) is 72.7 Å². The highest BCUT2D eigenvalue weighted by molar-refractivity contribution is 5.96. The first-order chi connectivity index (χ1) is 18.5. The van der Waals surface area contributed by atoms with E-state index < -0.39 is 17.4 Å². The number of ether oxygens (including phenoxy) is 3. The molecule has 1 heterocycles. The van der Waals surface area contributed by atoms with Gasteiger partial charge in [-0.05, 0) is 80.8 Å². The highest BCUT2D eigenvalue weighted by Gasteiger charge is 2.40. The first kappa shape index (κ1) is 28.0. The summed E-state index contributed by atoms with van der Waals surface area (Å²) in [4.78, 5) is 41.5. The lowest BCUT2D eigenvalue weighted by molar-refractivity contribution is -0.160. The monoisotopic (exact) mass is 533 g/mol. The maximum atomic E-state index is 14.5. The summed E-state index contributed by atoms with van der Waals surface area (Å²) < 4.78 is 30.8. The van der Waals surface area contributed by atoms with Crippen LogP contribution in [-0.2, 0) is 9.53 Å². The van der Waals surface area contributed by atoms with Crippen molar-refractivity contribution in [2.45, 2.75) is 52.1 Å². The van der Waals surface area contributed by atoms with Gasteiger partial charge in [0, 0.05) is 17.2 Å². The molecule has 1 aliphatic rings. The van der Waals surface area contributed by atoms with Crippen molar-refractivity contribution in [2.24, 2.45) is 11.8 Å². The second kappa shape index (κ2) is 11.4. The van der Waals surface area contributed by atoms with Crippen molar-refractivity contribution >= 4 is 18.2 Å². The summed E-state index contributed by atoms with van der Waals surface area (Å²) in [6, 6.07) is 12.9. The Balaban J connectivity index is 1.56. The van der Waals surface area contributed by atoms with Crippen molar-refractivity contribution in [3.63, 3.8) is 0 Å². The average Bonchev–Trinajstić information content (AvgIpc) is 3.73. The Morgan fingerprint density at radius 1 is 1.08 bits per heavy atom. The van der Waals surface area contributed by atoms with E-state index in [1.165, 1.54) is 31.4 Å². The lowest BCUT2D eigenvalue weighted by Gasteiger charge is -2.27. The molecule has 2 atom stereocenters. The Morgan fingerprint density at radius 2 is 1.82 bits per heavy atom. The van der Waals surface area contributed by atoms with E-state index in [1.807, 2.05) is 33.8 Å². The van der Waals surface area contributed by atoms with Crippen LogP contribution < -0.4 is 9.47 Å². The van der Waals surface area contributed by atoms with Crippen LogP contribution in [-0.4, -0.2) is 35.9 Å². The number of rotatable bonds is 9. The maximum Gasteiger partial charge on any atom is 0.343 e. The summed E-state index contributed by atoms with van der Waals surface area (Å²) >= 11 is 0. The highest BCUT2D eigenvalue weighted by atomic mass is 19.1. The number of pyridine rings is 1. The number of carbonyl (C=O) groups excluding carboxylic acids is 3. The minimum atomic E-state index is -0.669. The highest BCUT2D eigenvalue weighted by Crippen LogP contribution is 2.47. The second-order valence-electron chi connectivity index (χ2n) is 10.8. The lowest BCUT2D eigenvalue weighted by atomic mass is 9.83. The zero-order valence-corrected chi connectivity index (χ0v) is 22.7. The van der Waals surface area contributed by atoms with Gasteiger partial charge in [0.15, 0.2) is 6.29 Å². The summed E-state index contributed by atoms with van der Waals surface area (Å²) in [6.45, 7) is 7.41. The molecule has 0 spiro atoms. The van der Waals surface area contributed by atoms with E-state index in [9.17, 15) is 18.8 Å². The van der Waals surface area contributed by atoms with Gasteiger partial charge in [-0.1, -0.05) is 25.1 Å². The van der Waals surface area contributed by atoms with Gasteiger partial charge in [0.05, 0.1) is 24.8 Å². The van der Waals surface area contributed by atoms with Crippen LogP contribution >= 0.6 is 0 Å². The van der Waals surface area contributed by atoms with Crippen molar-refractivity contribution < 1.29 is 33.0 Å². The normalized spacial score (nSPS) is 14.7. The third-order valence-corrected chi connectivity index (χ3v) is 6.64. The number of hydrogen-bond acceptors (Lipinski definition) is 7. The number of nitrogens with zero attached hydrogens (tertiary/aromatic N) is 1. The van der Waals surface area contributed by atoms with Crippen molar-refractivity contribution in [3.8, 4) is 22.8 Å². The van der Waals surface area contributed by atoms with E-state index in [4.69, 9.17) is 14.2 Å². The van der Waals surface area contributed by atoms with Gasteiger partial charge in [-0.2, -0.15) is 0 Å². The third kappa shape index (κ3) is 6.69. The van der Waals surface area contributed by atoms with E-state index in [0.29, 0.717) is 23.5 Å². The number of halogens is 1. The molecule has 39 heavy (non-hydrogen) atoms. The van der Waals surface area contributed by atoms with Crippen molar-refractivity contribution in [3.05, 3.63) is 77.2 Å². The third-order valence-electron chi connectivity index (χ3n) is 6.64. The largest absolute Gasteiger partial charge is 0.481 e. The topological polar surface area (TPSA) is 91.8 Å². The van der Waals surface area contributed by atoms with E-state index in [1.54, 1.807) is 18.2 Å². The molecule has 2 aromatic carbocycles. The first-order valence-corrected chi connectivity index (χ1v) is 12.8. The molecule has 4 rings (SSSR count). The summed E-state index contributed by atoms with van der Waals surface area (Å²) in [7, 11) is 1.41. The van der Waals surface area contributed by atoms with Crippen LogP contribution in [0.4, 0.5) is 4.39 Å². The Bertz CT molecular complexity index is 1390. The number of carbonyl (C=O) groups is 3. The smallest absolute Gasteiger partial charge is 0.343 e. The standard InChI is InChI=1S/C31H32FNO6/c1-18(29(35)39-31(2,3)4)28(19-9-10-19)20-7-6-8-23(14-20)38-30(36)21-11-12-24(22(13-21)17-34)25-15-27(37-5)33-16-26(25)32/h6-8,11-19,28H,9-10H2,1-5H3/t18-,28-/m0/s1. The summed E-state index contributed by atoms with van der Waals surface area (Å²) in [5, 5.41) is 0. The summed E-state index contributed by atoms with van der Waals surface area (Å²) in [6.07, 6.45) is 3.60. The molecule has 3 aromatic rings. The molecule has 0 aliphatic heterocycles. The molecule has 1 aliphatic carbocycles. The number of methoxy groups -OCH3 is 1. The molecule has 1 aromatic heterocycles. The molecule has 204 valence electrons. The zero-order valence-electron chi connectivity index (χ0n) is 22.7. The second-order valence-corrected chi connectivity index (χ2v) is 10.8. The molecular formula is C31H32FNO6. The number of esters is 2. The van der Waals surface area contributed by atoms with Crippen LogP contribution in [0.2, 0.25) is 0 Å². The summed E-state index contributed by atoms with van der Waals surface area (Å²) in [5.41, 5.74) is 0.986. The Kier molecular flexibility index (Phi) is 8.14. The fraction of sp³-hybridized carbons (Fsp3) is 0.355. The fourth-order valence-electron chi connectivity index (χ4n) is 4.69. The lowest BCUT2D eigenvalue weighted by Crippen LogP contribution is -2.31. The molecule has 0 saturated heterocycles. The maximum absolute atomic E-state index is 14.5. The van der Waals surface area contributed by atoms with Crippen LogP contribution in [0.3, 0.4) is 0 Å². The minimum absolute atomic E-state index is 0.0632. The molecule has 1 fully saturated rings. The predicted molar refractivity (Wildman–Crippen MR) is 143 cm³/mol. The van der Waals surface area contributed by atoms with Gasteiger partial charge in [-0.3, -0.25) is 9.59 Å². The SMILES string of the molecule is COc1cc(-c2ccc(C(=O)Oc3cccc([C@H](C4CC4)[C@H](C)C(=O)OC(C)(C)C)c3)cc2C=O)c(F)cn1. The molecule has 0 bridgehead atoms. The van der Waals surface area contributed by atoms with Gasteiger partial charge >= 0.3 is 11.9 Å². The molecule has 0 unspecified atom stereocenters. The molecule has 7 nitrogen and oxygen atoms in total. The predicted octanol–water partition coefficient (Wildman–Crippen LogP) is 6.40. The van der Waals surface area contributed by atoms with Crippen molar-refractivity contribution in [1.82, 2.24) is 4.98 Å². The molecule has 8 heteroatoms. The van der Waals surface area contributed by atoms with Gasteiger partial charge in [-0.25, -0.2) is 14.2 Å². The molecule has 0 N–H and O–H groups in total. The fourth-order valence-corrected chi connectivity index (χ4v) is 4.69. The van der Waals surface area contributed by atoms with E-state index in [-0.39, 0.29) is 40.4 Å². The van der Waals surface area contributed by atoms with E-state index in [2.05, 4.69) is 4.98 Å². The van der Waals surface area contributed by atoms with Crippen molar-refractivity contribution in [1.29, 1.82) is 0 Å². The van der Waals surface area contributed by atoms with Crippen LogP contribution in [0.15, 0.2) is 54.7 Å². The van der Waals surface area contributed by atoms with Gasteiger partial charge in [-0.15, -0.1) is 0 Å². The zero-order chi connectivity index (χ0) is 28.3. The molecule has 1 saturated carbocycles. The summed E-state index contributed by atoms with van der Waals surface area (Å²) in [5.74, 6) is -1.11. The van der Waals surface area contributed by atoms with Crippen molar-refractivity contribution in [2.75, 3.05) is 7.11 Å². The van der Waals surface area contributed by atoms with Gasteiger partial charge in [0.25, 0.3) is 0 Å². The van der Waals surface area contributed by atoms with Crippen LogP contribution in [0.5, 0.6) is 11.6 Å². The minimum Gasteiger partial charge on any atom is -0.481 e. The van der Waals surface area contributed by atoms with Gasteiger partial charge in [0.2, 0.25) is 5.88 Å². The van der Waals surface area contributed by atoms with Crippen LogP contribution in [0.25, 0.3) is 11.1 Å².